The van der Waals surface area contributed by atoms with Gasteiger partial charge in [-0.2, -0.15) is 0 Å². The van der Waals surface area contributed by atoms with E-state index in [9.17, 15) is 0 Å². The summed E-state index contributed by atoms with van der Waals surface area (Å²) in [5, 5.41) is 1.11. The highest BCUT2D eigenvalue weighted by atomic mass is 16.5. The molecule has 0 spiro atoms. The van der Waals surface area contributed by atoms with Gasteiger partial charge in [0, 0.05) is 12.0 Å². The second kappa shape index (κ2) is 6.22. The molecule has 0 aliphatic rings. The van der Waals surface area contributed by atoms with Crippen LogP contribution in [0, 0.1) is 6.92 Å². The molecule has 0 bridgehead atoms. The van der Waals surface area contributed by atoms with Gasteiger partial charge in [-0.1, -0.05) is 31.5 Å². The van der Waals surface area contributed by atoms with Gasteiger partial charge in [0.1, 0.15) is 11.3 Å². The number of furan rings is 1. The fourth-order valence-corrected chi connectivity index (χ4v) is 2.44. The van der Waals surface area contributed by atoms with Crippen LogP contribution >= 0.6 is 0 Å². The number of fused-ring (bicyclic) bond motifs is 1. The van der Waals surface area contributed by atoms with E-state index in [2.05, 4.69) is 13.0 Å². The van der Waals surface area contributed by atoms with E-state index in [1.165, 1.54) is 0 Å². The average Bonchev–Trinajstić information content (AvgIpc) is 2.83. The van der Waals surface area contributed by atoms with Crippen LogP contribution in [0.4, 0.5) is 0 Å². The number of benzene rings is 1. The third kappa shape index (κ3) is 2.99. The Bertz CT molecular complexity index is 527. The van der Waals surface area contributed by atoms with Gasteiger partial charge in [0.05, 0.1) is 12.1 Å². The second-order valence-corrected chi connectivity index (χ2v) is 4.95. The zero-order chi connectivity index (χ0) is 13.8. The normalized spacial score (nSPS) is 14.7. The van der Waals surface area contributed by atoms with E-state index < -0.39 is 0 Å². The Balaban J connectivity index is 2.29. The van der Waals surface area contributed by atoms with Crippen molar-refractivity contribution in [3.05, 3.63) is 35.6 Å². The number of nitrogens with two attached hydrogens (primary N) is 1. The summed E-state index contributed by atoms with van der Waals surface area (Å²) in [5.41, 5.74) is 8.38. The van der Waals surface area contributed by atoms with Gasteiger partial charge in [-0.3, -0.25) is 0 Å². The number of aryl methyl sites for hydroxylation is 1. The molecule has 0 aliphatic carbocycles. The molecule has 3 nitrogen and oxygen atoms in total. The lowest BCUT2D eigenvalue weighted by Gasteiger charge is -2.21. The van der Waals surface area contributed by atoms with Gasteiger partial charge >= 0.3 is 0 Å². The number of hydrogen-bond donors (Lipinski definition) is 1. The summed E-state index contributed by atoms with van der Waals surface area (Å²) in [5.74, 6) is 0.816. The predicted octanol–water partition coefficient (Wildman–Crippen LogP) is 3.95. The molecule has 2 N–H and O–H groups in total. The number of rotatable bonds is 6. The minimum Gasteiger partial charge on any atom is -0.459 e. The molecule has 0 amide bonds. The summed E-state index contributed by atoms with van der Waals surface area (Å²) in [4.78, 5) is 0. The zero-order valence-corrected chi connectivity index (χ0v) is 12.0. The largest absolute Gasteiger partial charge is 0.459 e. The Morgan fingerprint density at radius 2 is 2.11 bits per heavy atom. The van der Waals surface area contributed by atoms with Crippen molar-refractivity contribution in [2.45, 2.75) is 45.8 Å². The number of para-hydroxylation sites is 1. The molecule has 2 unspecified atom stereocenters. The van der Waals surface area contributed by atoms with Gasteiger partial charge in [-0.25, -0.2) is 0 Å². The molecular formula is C16H23NO2. The number of hydrogen-bond acceptors (Lipinski definition) is 3. The topological polar surface area (TPSA) is 48.4 Å². The van der Waals surface area contributed by atoms with Gasteiger partial charge in [0.25, 0.3) is 0 Å². The van der Waals surface area contributed by atoms with Crippen LogP contribution in [-0.4, -0.2) is 12.7 Å². The van der Waals surface area contributed by atoms with Crippen molar-refractivity contribution in [2.75, 3.05) is 6.61 Å². The van der Waals surface area contributed by atoms with E-state index in [-0.39, 0.29) is 12.1 Å². The Morgan fingerprint density at radius 3 is 2.74 bits per heavy atom. The monoisotopic (exact) mass is 261 g/mol. The van der Waals surface area contributed by atoms with E-state index >= 15 is 0 Å². The van der Waals surface area contributed by atoms with E-state index in [1.54, 1.807) is 0 Å². The molecule has 1 heterocycles. The summed E-state index contributed by atoms with van der Waals surface area (Å²) < 4.78 is 11.7. The maximum atomic E-state index is 6.31. The van der Waals surface area contributed by atoms with Gasteiger partial charge in [-0.15, -0.1) is 0 Å². The highest BCUT2D eigenvalue weighted by Gasteiger charge is 2.22. The van der Waals surface area contributed by atoms with Crippen molar-refractivity contribution in [1.29, 1.82) is 0 Å². The minimum atomic E-state index is -0.202. The smallest absolute Gasteiger partial charge is 0.137 e. The summed E-state index contributed by atoms with van der Waals surface area (Å²) in [6.45, 7) is 6.87. The predicted molar refractivity (Wildman–Crippen MR) is 78.2 cm³/mol. The zero-order valence-electron chi connectivity index (χ0n) is 12.0. The lowest BCUT2D eigenvalue weighted by Crippen LogP contribution is -2.28. The lowest BCUT2D eigenvalue weighted by molar-refractivity contribution is 0.0329. The van der Waals surface area contributed by atoms with Crippen LogP contribution in [0.5, 0.6) is 0 Å². The minimum absolute atomic E-state index is 0.0240. The molecule has 0 saturated heterocycles. The first-order valence-corrected chi connectivity index (χ1v) is 7.03. The van der Waals surface area contributed by atoms with Crippen LogP contribution in [0.1, 0.15) is 44.1 Å². The highest BCUT2D eigenvalue weighted by molar-refractivity contribution is 5.81. The summed E-state index contributed by atoms with van der Waals surface area (Å²) in [7, 11) is 0. The molecule has 0 aliphatic heterocycles. The Morgan fingerprint density at radius 1 is 1.32 bits per heavy atom. The Hall–Kier alpha value is -1.32. The van der Waals surface area contributed by atoms with Crippen LogP contribution in [0.15, 0.2) is 28.7 Å². The quantitative estimate of drug-likeness (QED) is 0.856. The molecule has 2 aromatic rings. The van der Waals surface area contributed by atoms with Crippen LogP contribution in [0.3, 0.4) is 0 Å². The van der Waals surface area contributed by atoms with Crippen molar-refractivity contribution in [2.24, 2.45) is 5.73 Å². The van der Waals surface area contributed by atoms with E-state index in [1.807, 2.05) is 32.0 Å². The van der Waals surface area contributed by atoms with Gasteiger partial charge < -0.3 is 14.9 Å². The molecule has 3 heteroatoms. The molecule has 1 aromatic carbocycles. The van der Waals surface area contributed by atoms with Crippen molar-refractivity contribution in [1.82, 2.24) is 0 Å². The molecular weight excluding hydrogens is 238 g/mol. The SMILES string of the molecule is CCCC(OCC)C(N)c1cc2cccc(C)c2o1. The first-order valence-electron chi connectivity index (χ1n) is 7.03. The van der Waals surface area contributed by atoms with Crippen LogP contribution < -0.4 is 5.73 Å². The summed E-state index contributed by atoms with van der Waals surface area (Å²) >= 11 is 0. The van der Waals surface area contributed by atoms with E-state index in [4.69, 9.17) is 14.9 Å². The molecule has 19 heavy (non-hydrogen) atoms. The summed E-state index contributed by atoms with van der Waals surface area (Å²) in [6, 6.07) is 7.97. The first kappa shape index (κ1) is 14.1. The molecule has 0 radical (unpaired) electrons. The highest BCUT2D eigenvalue weighted by Crippen LogP contribution is 2.28. The van der Waals surface area contributed by atoms with Crippen molar-refractivity contribution < 1.29 is 9.15 Å². The van der Waals surface area contributed by atoms with Gasteiger partial charge in [0.2, 0.25) is 0 Å². The van der Waals surface area contributed by atoms with Crippen molar-refractivity contribution >= 4 is 11.0 Å². The fraction of sp³-hybridized carbons (Fsp3) is 0.500. The third-order valence-corrected chi connectivity index (χ3v) is 3.44. The average molecular weight is 261 g/mol. The van der Waals surface area contributed by atoms with Crippen molar-refractivity contribution in [3.63, 3.8) is 0 Å². The van der Waals surface area contributed by atoms with E-state index in [0.717, 1.165) is 35.1 Å². The molecule has 104 valence electrons. The van der Waals surface area contributed by atoms with Crippen LogP contribution in [0.25, 0.3) is 11.0 Å². The van der Waals surface area contributed by atoms with Crippen molar-refractivity contribution in [3.8, 4) is 0 Å². The van der Waals surface area contributed by atoms with Crippen LogP contribution in [0.2, 0.25) is 0 Å². The standard InChI is InChI=1S/C16H23NO2/c1-4-7-13(18-5-2)15(17)14-10-12-9-6-8-11(3)16(12)19-14/h6,8-10,13,15H,4-5,7,17H2,1-3H3. The first-order chi connectivity index (χ1) is 9.17. The maximum Gasteiger partial charge on any atom is 0.137 e. The Kier molecular flexibility index (Phi) is 4.61. The van der Waals surface area contributed by atoms with Crippen LogP contribution in [-0.2, 0) is 4.74 Å². The number of ether oxygens (including phenoxy) is 1. The fourth-order valence-electron chi connectivity index (χ4n) is 2.44. The third-order valence-electron chi connectivity index (χ3n) is 3.44. The molecule has 2 rings (SSSR count). The molecule has 2 atom stereocenters. The van der Waals surface area contributed by atoms with E-state index in [0.29, 0.717) is 6.61 Å². The second-order valence-electron chi connectivity index (χ2n) is 4.95. The van der Waals surface area contributed by atoms with Gasteiger partial charge in [0.15, 0.2) is 0 Å². The van der Waals surface area contributed by atoms with Gasteiger partial charge in [-0.05, 0) is 31.9 Å². The Labute approximate surface area is 114 Å². The maximum absolute atomic E-state index is 6.31. The molecule has 0 fully saturated rings. The molecule has 1 aromatic heterocycles. The molecule has 0 saturated carbocycles. The summed E-state index contributed by atoms with van der Waals surface area (Å²) in [6.07, 6.45) is 2.03. The lowest BCUT2D eigenvalue weighted by atomic mass is 10.0.